The maximum atomic E-state index is 11.9. The van der Waals surface area contributed by atoms with Gasteiger partial charge in [-0.1, -0.05) is 18.2 Å². The Labute approximate surface area is 100 Å². The Balaban J connectivity index is 2.29. The van der Waals surface area contributed by atoms with Crippen molar-refractivity contribution in [3.05, 3.63) is 54.6 Å². The highest BCUT2D eigenvalue weighted by molar-refractivity contribution is 7.92. The molecule has 3 N–H and O–H groups in total. The molecule has 17 heavy (non-hydrogen) atoms. The van der Waals surface area contributed by atoms with Gasteiger partial charge in [-0.2, -0.15) is 0 Å². The molecular formula is C12H11N2O2S. The molecule has 0 fully saturated rings. The molecule has 4 nitrogen and oxygen atoms in total. The molecule has 0 amide bonds. The van der Waals surface area contributed by atoms with Crippen LogP contribution in [0, 0.1) is 6.07 Å². The fraction of sp³-hybridized carbons (Fsp3) is 0. The first-order chi connectivity index (χ1) is 8.08. The molecule has 0 heterocycles. The summed E-state index contributed by atoms with van der Waals surface area (Å²) >= 11 is 0. The molecule has 2 aromatic carbocycles. The SMILES string of the molecule is Nc1ccc(S(=O)(=O)Nc2[c]cccc2)cc1. The van der Waals surface area contributed by atoms with Crippen molar-refractivity contribution in [1.29, 1.82) is 0 Å². The van der Waals surface area contributed by atoms with Crippen LogP contribution in [-0.2, 0) is 10.0 Å². The van der Waals surface area contributed by atoms with Gasteiger partial charge in [0, 0.05) is 11.8 Å². The quantitative estimate of drug-likeness (QED) is 0.813. The molecule has 87 valence electrons. The summed E-state index contributed by atoms with van der Waals surface area (Å²) in [4.78, 5) is 0.170. The average Bonchev–Trinajstić information content (AvgIpc) is 2.30. The molecule has 0 aliphatic heterocycles. The van der Waals surface area contributed by atoms with Crippen LogP contribution in [-0.4, -0.2) is 8.42 Å². The van der Waals surface area contributed by atoms with Crippen molar-refractivity contribution in [3.8, 4) is 0 Å². The lowest BCUT2D eigenvalue weighted by Crippen LogP contribution is -2.12. The number of benzene rings is 2. The summed E-state index contributed by atoms with van der Waals surface area (Å²) in [5.41, 5.74) is 6.43. The third-order valence-electron chi connectivity index (χ3n) is 2.14. The molecule has 0 aromatic heterocycles. The molecule has 0 saturated carbocycles. The first-order valence-electron chi connectivity index (χ1n) is 4.93. The predicted molar refractivity (Wildman–Crippen MR) is 66.9 cm³/mol. The zero-order valence-electron chi connectivity index (χ0n) is 8.92. The number of para-hydroxylation sites is 1. The van der Waals surface area contributed by atoms with E-state index >= 15 is 0 Å². The Kier molecular flexibility index (Phi) is 3.01. The minimum absolute atomic E-state index is 0.170. The van der Waals surface area contributed by atoms with Crippen LogP contribution in [0.1, 0.15) is 0 Å². The Hall–Kier alpha value is -2.01. The lowest BCUT2D eigenvalue weighted by atomic mass is 10.3. The molecule has 2 aromatic rings. The molecular weight excluding hydrogens is 236 g/mol. The van der Waals surface area contributed by atoms with Gasteiger partial charge in [0.2, 0.25) is 0 Å². The van der Waals surface area contributed by atoms with Crippen molar-refractivity contribution >= 4 is 21.4 Å². The minimum atomic E-state index is -3.57. The van der Waals surface area contributed by atoms with Crippen LogP contribution in [0.3, 0.4) is 0 Å². The summed E-state index contributed by atoms with van der Waals surface area (Å²) in [6, 6.07) is 15.6. The second kappa shape index (κ2) is 4.47. The maximum absolute atomic E-state index is 11.9. The average molecular weight is 247 g/mol. The molecule has 1 radical (unpaired) electrons. The van der Waals surface area contributed by atoms with Gasteiger partial charge in [0.05, 0.1) is 10.6 Å². The molecule has 0 unspecified atom stereocenters. The Morgan fingerprint density at radius 2 is 1.76 bits per heavy atom. The van der Waals surface area contributed by atoms with E-state index in [-0.39, 0.29) is 4.90 Å². The summed E-state index contributed by atoms with van der Waals surface area (Å²) in [6.45, 7) is 0. The Morgan fingerprint density at radius 1 is 1.06 bits per heavy atom. The second-order valence-corrected chi connectivity index (χ2v) is 5.13. The number of rotatable bonds is 3. The van der Waals surface area contributed by atoms with E-state index in [2.05, 4.69) is 10.8 Å². The van der Waals surface area contributed by atoms with Gasteiger partial charge in [0.15, 0.2) is 0 Å². The summed E-state index contributed by atoms with van der Waals surface area (Å²) in [7, 11) is -3.57. The zero-order valence-corrected chi connectivity index (χ0v) is 9.74. The van der Waals surface area contributed by atoms with Crippen molar-refractivity contribution in [1.82, 2.24) is 0 Å². The highest BCUT2D eigenvalue weighted by Gasteiger charge is 2.13. The van der Waals surface area contributed by atoms with Crippen molar-refractivity contribution in [2.24, 2.45) is 0 Å². The molecule has 0 aliphatic carbocycles. The molecule has 0 spiro atoms. The highest BCUT2D eigenvalue weighted by atomic mass is 32.2. The van der Waals surface area contributed by atoms with Gasteiger partial charge in [-0.3, -0.25) is 4.72 Å². The van der Waals surface area contributed by atoms with Gasteiger partial charge in [-0.05, 0) is 30.3 Å². The van der Waals surface area contributed by atoms with Crippen molar-refractivity contribution in [2.75, 3.05) is 10.5 Å². The van der Waals surface area contributed by atoms with Crippen molar-refractivity contribution < 1.29 is 8.42 Å². The largest absolute Gasteiger partial charge is 0.399 e. The fourth-order valence-electron chi connectivity index (χ4n) is 1.31. The number of hydrogen-bond donors (Lipinski definition) is 2. The van der Waals surface area contributed by atoms with Gasteiger partial charge in [0.1, 0.15) is 0 Å². The molecule has 0 bridgehead atoms. The van der Waals surface area contributed by atoms with E-state index in [0.29, 0.717) is 11.4 Å². The first-order valence-corrected chi connectivity index (χ1v) is 6.41. The van der Waals surface area contributed by atoms with Crippen LogP contribution in [0.2, 0.25) is 0 Å². The smallest absolute Gasteiger partial charge is 0.261 e. The summed E-state index contributed by atoms with van der Waals surface area (Å²) in [5, 5.41) is 0. The number of hydrogen-bond acceptors (Lipinski definition) is 3. The predicted octanol–water partition coefficient (Wildman–Crippen LogP) is 1.87. The van der Waals surface area contributed by atoms with Gasteiger partial charge < -0.3 is 5.73 Å². The fourth-order valence-corrected chi connectivity index (χ4v) is 2.34. The van der Waals surface area contributed by atoms with Crippen LogP contribution in [0.15, 0.2) is 53.4 Å². The van der Waals surface area contributed by atoms with E-state index in [1.165, 1.54) is 12.1 Å². The summed E-state index contributed by atoms with van der Waals surface area (Å²) in [5.74, 6) is 0. The third kappa shape index (κ3) is 2.76. The molecule has 5 heteroatoms. The second-order valence-electron chi connectivity index (χ2n) is 3.45. The van der Waals surface area contributed by atoms with E-state index in [0.717, 1.165) is 0 Å². The van der Waals surface area contributed by atoms with Gasteiger partial charge in [-0.25, -0.2) is 8.42 Å². The van der Waals surface area contributed by atoms with Gasteiger partial charge >= 0.3 is 0 Å². The van der Waals surface area contributed by atoms with Crippen LogP contribution < -0.4 is 10.5 Å². The molecule has 2 rings (SSSR count). The van der Waals surface area contributed by atoms with E-state index in [4.69, 9.17) is 5.73 Å². The van der Waals surface area contributed by atoms with E-state index in [9.17, 15) is 8.42 Å². The van der Waals surface area contributed by atoms with Crippen LogP contribution in [0.5, 0.6) is 0 Å². The lowest BCUT2D eigenvalue weighted by molar-refractivity contribution is 0.601. The normalized spacial score (nSPS) is 11.1. The number of nitrogen functional groups attached to an aromatic ring is 1. The van der Waals surface area contributed by atoms with Gasteiger partial charge in [0.25, 0.3) is 10.0 Å². The minimum Gasteiger partial charge on any atom is -0.399 e. The number of sulfonamides is 1. The number of nitrogens with two attached hydrogens (primary N) is 1. The van der Waals surface area contributed by atoms with Crippen molar-refractivity contribution in [2.45, 2.75) is 4.90 Å². The standard InChI is InChI=1S/C12H11N2O2S/c13-10-6-8-12(9-7-10)17(15,16)14-11-4-2-1-3-5-11/h1-4,6-9,14H,13H2. The third-order valence-corrected chi connectivity index (χ3v) is 3.53. The van der Waals surface area contributed by atoms with Crippen LogP contribution in [0.25, 0.3) is 0 Å². The molecule has 0 aliphatic rings. The maximum Gasteiger partial charge on any atom is 0.261 e. The summed E-state index contributed by atoms with van der Waals surface area (Å²) in [6.07, 6.45) is 0. The number of anilines is 2. The Bertz CT molecular complexity index is 592. The highest BCUT2D eigenvalue weighted by Crippen LogP contribution is 2.16. The summed E-state index contributed by atoms with van der Waals surface area (Å²) < 4.78 is 26.3. The van der Waals surface area contributed by atoms with Crippen LogP contribution in [0.4, 0.5) is 11.4 Å². The topological polar surface area (TPSA) is 72.2 Å². The molecule has 0 saturated heterocycles. The Morgan fingerprint density at radius 3 is 2.35 bits per heavy atom. The monoisotopic (exact) mass is 247 g/mol. The van der Waals surface area contributed by atoms with E-state index in [1.54, 1.807) is 36.4 Å². The number of nitrogens with one attached hydrogen (secondary N) is 1. The van der Waals surface area contributed by atoms with E-state index in [1.807, 2.05) is 0 Å². The lowest BCUT2D eigenvalue weighted by Gasteiger charge is -2.07. The first kappa shape index (κ1) is 11.5. The zero-order chi connectivity index (χ0) is 12.3. The van der Waals surface area contributed by atoms with Crippen molar-refractivity contribution in [3.63, 3.8) is 0 Å². The van der Waals surface area contributed by atoms with E-state index < -0.39 is 10.0 Å². The molecule has 0 atom stereocenters. The van der Waals surface area contributed by atoms with Crippen LogP contribution >= 0.6 is 0 Å². The van der Waals surface area contributed by atoms with Gasteiger partial charge in [-0.15, -0.1) is 0 Å².